The van der Waals surface area contributed by atoms with Crippen molar-refractivity contribution in [2.45, 2.75) is 25.8 Å². The molecule has 1 N–H and O–H groups in total. The predicted molar refractivity (Wildman–Crippen MR) is 99.5 cm³/mol. The van der Waals surface area contributed by atoms with Crippen LogP contribution in [0.1, 0.15) is 29.8 Å². The van der Waals surface area contributed by atoms with Crippen LogP contribution in [0.2, 0.25) is 0 Å². The summed E-state index contributed by atoms with van der Waals surface area (Å²) in [4.78, 5) is 21.9. The van der Waals surface area contributed by atoms with Gasteiger partial charge in [0.2, 0.25) is 5.82 Å². The second kappa shape index (κ2) is 7.55. The van der Waals surface area contributed by atoms with E-state index in [-0.39, 0.29) is 5.91 Å². The van der Waals surface area contributed by atoms with E-state index in [9.17, 15) is 4.79 Å². The van der Waals surface area contributed by atoms with Gasteiger partial charge in [-0.25, -0.2) is 9.67 Å². The molecule has 2 aliphatic rings. The van der Waals surface area contributed by atoms with Crippen molar-refractivity contribution >= 4 is 5.91 Å². The Morgan fingerprint density at radius 2 is 1.96 bits per heavy atom. The smallest absolute Gasteiger partial charge is 0.293 e. The van der Waals surface area contributed by atoms with Crippen molar-refractivity contribution in [3.05, 3.63) is 42.0 Å². The summed E-state index contributed by atoms with van der Waals surface area (Å²) in [6.45, 7) is 7.80. The number of aromatic nitrogens is 3. The highest BCUT2D eigenvalue weighted by molar-refractivity contribution is 5.90. The average molecular weight is 354 g/mol. The minimum absolute atomic E-state index is 0.0491. The lowest BCUT2D eigenvalue weighted by Gasteiger charge is -2.32. The largest absolute Gasteiger partial charge is 0.334 e. The third-order valence-corrected chi connectivity index (χ3v) is 5.30. The highest BCUT2D eigenvalue weighted by atomic mass is 16.2. The van der Waals surface area contributed by atoms with Crippen LogP contribution in [-0.2, 0) is 6.42 Å². The third-order valence-electron chi connectivity index (χ3n) is 5.30. The minimum Gasteiger partial charge on any atom is -0.334 e. The Hall–Kier alpha value is -2.25. The van der Waals surface area contributed by atoms with Gasteiger partial charge in [-0.1, -0.05) is 25.1 Å². The first-order chi connectivity index (χ1) is 12.8. The van der Waals surface area contributed by atoms with E-state index in [1.807, 2.05) is 42.2 Å². The van der Waals surface area contributed by atoms with Gasteiger partial charge in [0.1, 0.15) is 5.82 Å². The van der Waals surface area contributed by atoms with E-state index >= 15 is 0 Å². The van der Waals surface area contributed by atoms with Crippen LogP contribution in [0.5, 0.6) is 0 Å². The number of piperazine rings is 1. The summed E-state index contributed by atoms with van der Waals surface area (Å²) in [6, 6.07) is 10.3. The number of likely N-dealkylation sites (tertiary alicyclic amines) is 1. The summed E-state index contributed by atoms with van der Waals surface area (Å²) in [7, 11) is 0. The molecular formula is C19H26N6O. The van der Waals surface area contributed by atoms with Crippen LogP contribution < -0.4 is 5.32 Å². The molecule has 2 saturated heterocycles. The number of nitrogens with zero attached hydrogens (tertiary/aromatic N) is 5. The monoisotopic (exact) mass is 354 g/mol. The number of carbonyl (C=O) groups excluding carboxylic acids is 1. The normalized spacial score (nSPS) is 21.3. The number of rotatable bonds is 4. The number of nitrogens with one attached hydrogen (secondary N) is 1. The number of carbonyl (C=O) groups is 1. The quantitative estimate of drug-likeness (QED) is 0.886. The maximum atomic E-state index is 12.9. The summed E-state index contributed by atoms with van der Waals surface area (Å²) >= 11 is 0. The molecule has 1 atom stereocenters. The first kappa shape index (κ1) is 17.2. The van der Waals surface area contributed by atoms with Crippen LogP contribution in [0.3, 0.4) is 0 Å². The molecule has 2 aliphatic heterocycles. The summed E-state index contributed by atoms with van der Waals surface area (Å²) in [5.74, 6) is 1.08. The molecule has 1 unspecified atom stereocenters. The minimum atomic E-state index is -0.0491. The summed E-state index contributed by atoms with van der Waals surface area (Å²) in [5.41, 5.74) is 0.941. The van der Waals surface area contributed by atoms with E-state index in [0.717, 1.165) is 63.6 Å². The highest BCUT2D eigenvalue weighted by Gasteiger charge is 2.33. The van der Waals surface area contributed by atoms with Gasteiger partial charge in [-0.15, -0.1) is 5.10 Å². The van der Waals surface area contributed by atoms with Crippen molar-refractivity contribution in [2.24, 2.45) is 0 Å². The molecule has 1 aromatic heterocycles. The number of para-hydroxylation sites is 1. The van der Waals surface area contributed by atoms with Crippen LogP contribution in [-0.4, -0.2) is 75.8 Å². The molecule has 1 amide bonds. The van der Waals surface area contributed by atoms with Crippen molar-refractivity contribution in [3.63, 3.8) is 0 Å². The molecule has 4 rings (SSSR count). The van der Waals surface area contributed by atoms with E-state index in [1.54, 1.807) is 4.68 Å². The molecule has 0 aliphatic carbocycles. The molecule has 2 aromatic rings. The standard InChI is InChI=1S/C19H26N6O/c1-2-17-21-18(22-25(17)15-6-4-3-5-7-15)19(26)24-11-8-16(14-24)23-12-9-20-10-13-23/h3-7,16,20H,2,8-14H2,1H3. The molecule has 138 valence electrons. The zero-order valence-corrected chi connectivity index (χ0v) is 15.3. The molecule has 26 heavy (non-hydrogen) atoms. The van der Waals surface area contributed by atoms with Crippen molar-refractivity contribution in [1.29, 1.82) is 0 Å². The fraction of sp³-hybridized carbons (Fsp3) is 0.526. The van der Waals surface area contributed by atoms with Gasteiger partial charge >= 0.3 is 0 Å². The zero-order valence-electron chi connectivity index (χ0n) is 15.3. The van der Waals surface area contributed by atoms with Crippen LogP contribution in [0.15, 0.2) is 30.3 Å². The zero-order chi connectivity index (χ0) is 17.9. The summed E-state index contributed by atoms with van der Waals surface area (Å²) in [6.07, 6.45) is 1.77. The SMILES string of the molecule is CCc1nc(C(=O)N2CCC(N3CCNCC3)C2)nn1-c1ccccc1. The molecule has 7 heteroatoms. The van der Waals surface area contributed by atoms with Gasteiger partial charge in [-0.05, 0) is 18.6 Å². The van der Waals surface area contributed by atoms with Crippen LogP contribution in [0.25, 0.3) is 5.69 Å². The first-order valence-corrected chi connectivity index (χ1v) is 9.51. The van der Waals surface area contributed by atoms with Crippen molar-refractivity contribution in [2.75, 3.05) is 39.3 Å². The molecule has 0 saturated carbocycles. The fourth-order valence-electron chi connectivity index (χ4n) is 3.85. The third kappa shape index (κ3) is 3.37. The number of hydrogen-bond acceptors (Lipinski definition) is 5. The van der Waals surface area contributed by atoms with Crippen molar-refractivity contribution < 1.29 is 4.79 Å². The molecule has 0 spiro atoms. The van der Waals surface area contributed by atoms with Gasteiger partial charge in [0, 0.05) is 51.7 Å². The predicted octanol–water partition coefficient (Wildman–Crippen LogP) is 0.949. The Balaban J connectivity index is 1.49. The van der Waals surface area contributed by atoms with E-state index < -0.39 is 0 Å². The number of benzene rings is 1. The lowest BCUT2D eigenvalue weighted by Crippen LogP contribution is -2.49. The van der Waals surface area contributed by atoms with E-state index in [4.69, 9.17) is 0 Å². The van der Waals surface area contributed by atoms with Gasteiger partial charge in [-0.3, -0.25) is 9.69 Å². The molecule has 1 aromatic carbocycles. The van der Waals surface area contributed by atoms with Gasteiger partial charge < -0.3 is 10.2 Å². The molecule has 2 fully saturated rings. The number of amides is 1. The molecule has 3 heterocycles. The maximum Gasteiger partial charge on any atom is 0.293 e. The topological polar surface area (TPSA) is 66.3 Å². The molecule has 0 radical (unpaired) electrons. The van der Waals surface area contributed by atoms with Crippen LogP contribution in [0, 0.1) is 0 Å². The Morgan fingerprint density at radius 1 is 1.19 bits per heavy atom. The van der Waals surface area contributed by atoms with Gasteiger partial charge in [0.05, 0.1) is 5.69 Å². The van der Waals surface area contributed by atoms with Crippen LogP contribution in [0.4, 0.5) is 0 Å². The van der Waals surface area contributed by atoms with E-state index in [0.29, 0.717) is 11.9 Å². The number of hydrogen-bond donors (Lipinski definition) is 1. The first-order valence-electron chi connectivity index (χ1n) is 9.51. The maximum absolute atomic E-state index is 12.9. The van der Waals surface area contributed by atoms with Crippen LogP contribution >= 0.6 is 0 Å². The number of aryl methyl sites for hydroxylation is 1. The van der Waals surface area contributed by atoms with Gasteiger partial charge in [0.15, 0.2) is 0 Å². The summed E-state index contributed by atoms with van der Waals surface area (Å²) in [5, 5.41) is 7.91. The second-order valence-corrected chi connectivity index (χ2v) is 6.93. The molecule has 0 bridgehead atoms. The van der Waals surface area contributed by atoms with Gasteiger partial charge in [-0.2, -0.15) is 0 Å². The van der Waals surface area contributed by atoms with Crippen molar-refractivity contribution in [1.82, 2.24) is 29.9 Å². The Bertz CT molecular complexity index is 753. The van der Waals surface area contributed by atoms with E-state index in [1.165, 1.54) is 0 Å². The Kier molecular flexibility index (Phi) is 4.99. The lowest BCUT2D eigenvalue weighted by atomic mass is 10.2. The Labute approximate surface area is 154 Å². The molecule has 7 nitrogen and oxygen atoms in total. The van der Waals surface area contributed by atoms with Crippen molar-refractivity contribution in [3.8, 4) is 5.69 Å². The highest BCUT2D eigenvalue weighted by Crippen LogP contribution is 2.19. The lowest BCUT2D eigenvalue weighted by molar-refractivity contribution is 0.0761. The van der Waals surface area contributed by atoms with Gasteiger partial charge in [0.25, 0.3) is 5.91 Å². The van der Waals surface area contributed by atoms with E-state index in [2.05, 4.69) is 20.3 Å². The Morgan fingerprint density at radius 3 is 2.69 bits per heavy atom. The summed E-state index contributed by atoms with van der Waals surface area (Å²) < 4.78 is 1.79. The second-order valence-electron chi connectivity index (χ2n) is 6.93. The fourth-order valence-corrected chi connectivity index (χ4v) is 3.85. The molecular weight excluding hydrogens is 328 g/mol. The average Bonchev–Trinajstić information content (AvgIpc) is 3.36.